The van der Waals surface area contributed by atoms with Crippen molar-refractivity contribution in [1.29, 1.82) is 0 Å². The Balaban J connectivity index is 2.30. The van der Waals surface area contributed by atoms with Gasteiger partial charge in [-0.2, -0.15) is 0 Å². The summed E-state index contributed by atoms with van der Waals surface area (Å²) in [6, 6.07) is 0.641. The lowest BCUT2D eigenvalue weighted by Crippen LogP contribution is -2.46. The summed E-state index contributed by atoms with van der Waals surface area (Å²) in [7, 11) is 0. The minimum Gasteiger partial charge on any atom is -0.314 e. The quantitative estimate of drug-likeness (QED) is 0.524. The predicted molar refractivity (Wildman–Crippen MR) is 42.6 cm³/mol. The third-order valence-electron chi connectivity index (χ3n) is 1.79. The van der Waals surface area contributed by atoms with Gasteiger partial charge in [0.25, 0.3) is 0 Å². The molecule has 1 unspecified atom stereocenters. The molecule has 0 aromatic rings. The summed E-state index contributed by atoms with van der Waals surface area (Å²) in [6.45, 7) is 5.45. The Kier molecular flexibility index (Phi) is 2.82. The van der Waals surface area contributed by atoms with Crippen LogP contribution < -0.4 is 5.32 Å². The van der Waals surface area contributed by atoms with E-state index < -0.39 is 0 Å². The van der Waals surface area contributed by atoms with Crippen molar-refractivity contribution >= 4 is 12.8 Å². The van der Waals surface area contributed by atoms with Crippen molar-refractivity contribution in [2.24, 2.45) is 0 Å². The summed E-state index contributed by atoms with van der Waals surface area (Å²) < 4.78 is 2.12. The molecule has 2 nitrogen and oxygen atoms in total. The maximum Gasteiger partial charge on any atom is 0.0322 e. The number of hydrogen-bond acceptors (Lipinski definition) is 3. The fourth-order valence-electron chi connectivity index (χ4n) is 1.11. The van der Waals surface area contributed by atoms with Gasteiger partial charge >= 0.3 is 0 Å². The molecule has 1 heterocycles. The second kappa shape index (κ2) is 3.44. The van der Waals surface area contributed by atoms with Crippen LogP contribution in [0.4, 0.5) is 0 Å². The van der Waals surface area contributed by atoms with E-state index in [2.05, 4.69) is 29.4 Å². The summed E-state index contributed by atoms with van der Waals surface area (Å²) >= 11 is 4.33. The zero-order valence-corrected chi connectivity index (χ0v) is 6.69. The topological polar surface area (TPSA) is 15.3 Å². The highest BCUT2D eigenvalue weighted by molar-refractivity contribution is 7.77. The van der Waals surface area contributed by atoms with Gasteiger partial charge in [0.15, 0.2) is 0 Å². The van der Waals surface area contributed by atoms with Crippen molar-refractivity contribution in [3.63, 3.8) is 0 Å². The molecule has 1 aliphatic rings. The Morgan fingerprint density at radius 2 is 2.56 bits per heavy atom. The van der Waals surface area contributed by atoms with Crippen LogP contribution in [-0.4, -0.2) is 30.0 Å². The van der Waals surface area contributed by atoms with Gasteiger partial charge in [0.1, 0.15) is 0 Å². The van der Waals surface area contributed by atoms with E-state index in [1.165, 1.54) is 6.42 Å². The molecule has 0 bridgehead atoms. The van der Waals surface area contributed by atoms with Crippen molar-refractivity contribution in [3.8, 4) is 0 Å². The van der Waals surface area contributed by atoms with Crippen LogP contribution in [0.3, 0.4) is 0 Å². The SMILES string of the molecule is CCC1CNCCN1S. The van der Waals surface area contributed by atoms with Gasteiger partial charge < -0.3 is 5.32 Å². The summed E-state index contributed by atoms with van der Waals surface area (Å²) in [6.07, 6.45) is 1.19. The van der Waals surface area contributed by atoms with E-state index in [4.69, 9.17) is 0 Å². The molecule has 1 N–H and O–H groups in total. The van der Waals surface area contributed by atoms with Crippen molar-refractivity contribution in [2.75, 3.05) is 19.6 Å². The average Bonchev–Trinajstić information content (AvgIpc) is 1.89. The van der Waals surface area contributed by atoms with Gasteiger partial charge in [-0.3, -0.25) is 0 Å². The number of piperazine rings is 1. The van der Waals surface area contributed by atoms with E-state index in [9.17, 15) is 0 Å². The molecule has 0 aromatic carbocycles. The number of thiol groups is 1. The Hall–Kier alpha value is 0.270. The molecule has 0 spiro atoms. The summed E-state index contributed by atoms with van der Waals surface area (Å²) in [4.78, 5) is 0. The number of nitrogens with one attached hydrogen (secondary N) is 1. The second-order valence-corrected chi connectivity index (χ2v) is 2.94. The van der Waals surface area contributed by atoms with Crippen molar-refractivity contribution in [3.05, 3.63) is 0 Å². The van der Waals surface area contributed by atoms with Crippen LogP contribution in [0, 0.1) is 0 Å². The van der Waals surface area contributed by atoms with Gasteiger partial charge in [-0.15, -0.1) is 0 Å². The lowest BCUT2D eigenvalue weighted by Gasteiger charge is -2.30. The van der Waals surface area contributed by atoms with Crippen LogP contribution >= 0.6 is 12.8 Å². The number of nitrogens with zero attached hydrogens (tertiary/aromatic N) is 1. The Morgan fingerprint density at radius 1 is 1.78 bits per heavy atom. The first-order valence-electron chi connectivity index (χ1n) is 3.51. The molecule has 1 fully saturated rings. The highest BCUT2D eigenvalue weighted by Gasteiger charge is 2.16. The van der Waals surface area contributed by atoms with Crippen LogP contribution in [0.25, 0.3) is 0 Å². The first kappa shape index (κ1) is 7.38. The van der Waals surface area contributed by atoms with Crippen molar-refractivity contribution < 1.29 is 0 Å². The van der Waals surface area contributed by atoms with E-state index in [1.807, 2.05) is 0 Å². The molecule has 0 saturated carbocycles. The van der Waals surface area contributed by atoms with E-state index in [-0.39, 0.29) is 0 Å². The Labute approximate surface area is 62.2 Å². The fourth-order valence-corrected chi connectivity index (χ4v) is 1.45. The second-order valence-electron chi connectivity index (χ2n) is 2.43. The Bertz CT molecular complexity index is 87.1. The normalized spacial score (nSPS) is 30.7. The first-order valence-corrected chi connectivity index (χ1v) is 3.91. The van der Waals surface area contributed by atoms with E-state index in [0.717, 1.165) is 19.6 Å². The number of rotatable bonds is 1. The number of hydrogen-bond donors (Lipinski definition) is 2. The van der Waals surface area contributed by atoms with Crippen LogP contribution in [0.2, 0.25) is 0 Å². The first-order chi connectivity index (χ1) is 4.34. The average molecular weight is 146 g/mol. The van der Waals surface area contributed by atoms with Crippen LogP contribution in [-0.2, 0) is 0 Å². The van der Waals surface area contributed by atoms with Gasteiger partial charge in [-0.25, -0.2) is 4.31 Å². The van der Waals surface area contributed by atoms with E-state index in [1.54, 1.807) is 0 Å². The molecule has 3 heteroatoms. The molecule has 54 valence electrons. The molecule has 1 rings (SSSR count). The molecular weight excluding hydrogens is 132 g/mol. The molecular formula is C6H14N2S. The minimum absolute atomic E-state index is 0.641. The highest BCUT2D eigenvalue weighted by atomic mass is 32.1. The van der Waals surface area contributed by atoms with Gasteiger partial charge in [0, 0.05) is 25.7 Å². The molecule has 1 saturated heterocycles. The Morgan fingerprint density at radius 3 is 3.00 bits per heavy atom. The summed E-state index contributed by atoms with van der Waals surface area (Å²) in [5.74, 6) is 0. The molecule has 0 amide bonds. The van der Waals surface area contributed by atoms with Crippen molar-refractivity contribution in [1.82, 2.24) is 9.62 Å². The maximum absolute atomic E-state index is 4.33. The summed E-state index contributed by atoms with van der Waals surface area (Å²) in [5.41, 5.74) is 0. The lowest BCUT2D eigenvalue weighted by atomic mass is 10.2. The van der Waals surface area contributed by atoms with Gasteiger partial charge in [-0.05, 0) is 6.42 Å². The molecule has 0 aromatic heterocycles. The smallest absolute Gasteiger partial charge is 0.0322 e. The van der Waals surface area contributed by atoms with E-state index >= 15 is 0 Å². The van der Waals surface area contributed by atoms with Crippen LogP contribution in [0.15, 0.2) is 0 Å². The van der Waals surface area contributed by atoms with Gasteiger partial charge in [-0.1, -0.05) is 19.7 Å². The minimum atomic E-state index is 0.641. The zero-order valence-electron chi connectivity index (χ0n) is 5.80. The lowest BCUT2D eigenvalue weighted by molar-refractivity contribution is 0.287. The van der Waals surface area contributed by atoms with Gasteiger partial charge in [0.05, 0.1) is 0 Å². The summed E-state index contributed by atoms with van der Waals surface area (Å²) in [5, 5.41) is 3.33. The van der Waals surface area contributed by atoms with Crippen molar-refractivity contribution in [2.45, 2.75) is 19.4 Å². The largest absolute Gasteiger partial charge is 0.314 e. The third kappa shape index (κ3) is 1.85. The standard InChI is InChI=1S/C6H14N2S/c1-2-6-5-7-3-4-8(6)9/h6-7,9H,2-5H2,1H3. The van der Waals surface area contributed by atoms with Crippen LogP contribution in [0.5, 0.6) is 0 Å². The molecule has 1 aliphatic heterocycles. The predicted octanol–water partition coefficient (Wildman–Crippen LogP) is 0.515. The highest BCUT2D eigenvalue weighted by Crippen LogP contribution is 2.07. The molecule has 0 radical (unpaired) electrons. The van der Waals surface area contributed by atoms with Crippen LogP contribution in [0.1, 0.15) is 13.3 Å². The monoisotopic (exact) mass is 146 g/mol. The van der Waals surface area contributed by atoms with E-state index in [0.29, 0.717) is 6.04 Å². The fraction of sp³-hybridized carbons (Fsp3) is 1.00. The molecule has 0 aliphatic carbocycles. The van der Waals surface area contributed by atoms with Gasteiger partial charge in [0.2, 0.25) is 0 Å². The zero-order chi connectivity index (χ0) is 6.69. The molecule has 9 heavy (non-hydrogen) atoms. The third-order valence-corrected chi connectivity index (χ3v) is 2.32. The molecule has 1 atom stereocenters. The maximum atomic E-state index is 4.33.